The number of thioether (sulfide) groups is 1. The Morgan fingerprint density at radius 3 is 2.62 bits per heavy atom. The van der Waals surface area contributed by atoms with Crippen molar-refractivity contribution in [2.24, 2.45) is 0 Å². The quantitative estimate of drug-likeness (QED) is 0.506. The number of hydrogen-bond acceptors (Lipinski definition) is 6. The topological polar surface area (TPSA) is 76.4 Å². The molecular weight excluding hydrogens is 346 g/mol. The zero-order valence-corrected chi connectivity index (χ0v) is 13.8. The number of hydrogen-bond donors (Lipinski definition) is 1. The summed E-state index contributed by atoms with van der Waals surface area (Å²) < 4.78 is 6.39. The van der Waals surface area contributed by atoms with Crippen molar-refractivity contribution in [2.45, 2.75) is 6.42 Å². The number of thiocarbonyl (C=S) groups is 1. The molecular formula is C17H9NO4S2. The Morgan fingerprint density at radius 2 is 1.88 bits per heavy atom. The van der Waals surface area contributed by atoms with Crippen LogP contribution in [0.15, 0.2) is 39.7 Å². The van der Waals surface area contributed by atoms with Gasteiger partial charge in [-0.3, -0.25) is 19.7 Å². The van der Waals surface area contributed by atoms with Crippen molar-refractivity contribution in [3.8, 4) is 11.3 Å². The summed E-state index contributed by atoms with van der Waals surface area (Å²) >= 11 is 6.33. The summed E-state index contributed by atoms with van der Waals surface area (Å²) in [6.07, 6.45) is 1.95. The molecule has 0 unspecified atom stereocenters. The molecule has 1 N–H and O–H groups in total. The van der Waals surface area contributed by atoms with Crippen molar-refractivity contribution in [1.82, 2.24) is 5.32 Å². The minimum Gasteiger partial charge on any atom is -0.457 e. The molecule has 118 valence electrons. The summed E-state index contributed by atoms with van der Waals surface area (Å²) in [5, 5.41) is 2.25. The number of Topliss-reactive ketones (excluding diaryl/α,β-unsaturated/α-hetero) is 1. The maximum Gasteiger partial charge on any atom is 0.258 e. The molecule has 0 bridgehead atoms. The summed E-state index contributed by atoms with van der Waals surface area (Å²) in [7, 11) is 0. The number of rotatable bonds is 2. The van der Waals surface area contributed by atoms with Crippen LogP contribution in [0.1, 0.15) is 32.9 Å². The average molecular weight is 355 g/mol. The molecule has 1 saturated heterocycles. The molecule has 5 nitrogen and oxygen atoms in total. The van der Waals surface area contributed by atoms with Gasteiger partial charge in [-0.05, 0) is 30.3 Å². The van der Waals surface area contributed by atoms with Crippen LogP contribution in [0.3, 0.4) is 0 Å². The number of nitrogens with one attached hydrogen (secondary N) is 1. The van der Waals surface area contributed by atoms with Gasteiger partial charge in [0.15, 0.2) is 5.78 Å². The summed E-state index contributed by atoms with van der Waals surface area (Å²) in [4.78, 5) is 35.6. The van der Waals surface area contributed by atoms with Gasteiger partial charge in [0.05, 0.1) is 26.6 Å². The second kappa shape index (κ2) is 5.54. The molecule has 7 heteroatoms. The van der Waals surface area contributed by atoms with Crippen molar-refractivity contribution in [2.75, 3.05) is 0 Å². The van der Waals surface area contributed by atoms with E-state index in [4.69, 9.17) is 16.6 Å². The monoisotopic (exact) mass is 355 g/mol. The van der Waals surface area contributed by atoms with E-state index in [1.165, 1.54) is 11.8 Å². The van der Waals surface area contributed by atoms with Crippen LogP contribution < -0.4 is 5.32 Å². The lowest BCUT2D eigenvalue weighted by Crippen LogP contribution is -2.19. The van der Waals surface area contributed by atoms with Gasteiger partial charge in [-0.2, -0.15) is 0 Å². The third-order valence-electron chi connectivity index (χ3n) is 3.72. The highest BCUT2D eigenvalue weighted by molar-refractivity contribution is 8.27. The number of furan rings is 1. The number of imide groups is 1. The van der Waals surface area contributed by atoms with Gasteiger partial charge in [-0.25, -0.2) is 0 Å². The highest BCUT2D eigenvalue weighted by Crippen LogP contribution is 2.33. The molecule has 0 atom stereocenters. The Hall–Kier alpha value is -2.51. The van der Waals surface area contributed by atoms with Gasteiger partial charge >= 0.3 is 0 Å². The summed E-state index contributed by atoms with van der Waals surface area (Å²) in [5.41, 5.74) is 1.38. The van der Waals surface area contributed by atoms with E-state index in [9.17, 15) is 14.4 Å². The minimum atomic E-state index is -0.410. The normalized spacial score (nSPS) is 18.4. The number of benzene rings is 1. The van der Waals surface area contributed by atoms with Gasteiger partial charge in [0.2, 0.25) is 0 Å². The Bertz CT molecular complexity index is 971. The van der Waals surface area contributed by atoms with Crippen LogP contribution in [0.4, 0.5) is 0 Å². The van der Waals surface area contributed by atoms with Crippen LogP contribution in [-0.4, -0.2) is 21.8 Å². The largest absolute Gasteiger partial charge is 0.457 e. The lowest BCUT2D eigenvalue weighted by Gasteiger charge is -1.99. The first kappa shape index (κ1) is 15.0. The molecule has 1 aromatic carbocycles. The highest BCUT2D eigenvalue weighted by atomic mass is 32.2. The predicted octanol–water partition coefficient (Wildman–Crippen LogP) is 3.20. The van der Waals surface area contributed by atoms with Crippen molar-refractivity contribution in [1.29, 1.82) is 0 Å². The first-order valence-corrected chi connectivity index (χ1v) is 8.29. The number of fused-ring (bicyclic) bond motifs is 1. The van der Waals surface area contributed by atoms with Crippen LogP contribution in [-0.2, 0) is 4.79 Å². The third-order valence-corrected chi connectivity index (χ3v) is 5.06. The molecule has 0 saturated carbocycles. The van der Waals surface area contributed by atoms with E-state index in [2.05, 4.69) is 5.32 Å². The number of amides is 2. The van der Waals surface area contributed by atoms with Gasteiger partial charge in [-0.15, -0.1) is 0 Å². The Balaban J connectivity index is 1.67. The van der Waals surface area contributed by atoms with Gasteiger partial charge in [0.1, 0.15) is 11.5 Å². The SMILES string of the molecule is O=C1CC(=S)S/C1=C/c1ccc(-c2ccc3c(c2)C(=O)NC3=O)o1. The fourth-order valence-electron chi connectivity index (χ4n) is 2.58. The van der Waals surface area contributed by atoms with Gasteiger partial charge in [-0.1, -0.05) is 30.0 Å². The van der Waals surface area contributed by atoms with E-state index in [0.717, 1.165) is 0 Å². The Morgan fingerprint density at radius 1 is 1.08 bits per heavy atom. The number of ketones is 1. The summed E-state index contributed by atoms with van der Waals surface area (Å²) in [6.45, 7) is 0. The number of carbonyl (C=O) groups excluding carboxylic acids is 3. The van der Waals surface area contributed by atoms with Crippen LogP contribution in [0.5, 0.6) is 0 Å². The lowest BCUT2D eigenvalue weighted by molar-refractivity contribution is -0.113. The molecule has 2 aliphatic heterocycles. The maximum atomic E-state index is 11.8. The first-order valence-electron chi connectivity index (χ1n) is 7.07. The van der Waals surface area contributed by atoms with Gasteiger partial charge in [0.25, 0.3) is 11.8 Å². The zero-order chi connectivity index (χ0) is 16.8. The molecule has 2 aliphatic rings. The molecule has 2 amide bonds. The molecule has 1 aromatic heterocycles. The zero-order valence-electron chi connectivity index (χ0n) is 12.1. The molecule has 4 rings (SSSR count). The molecule has 0 aliphatic carbocycles. The maximum absolute atomic E-state index is 11.8. The van der Waals surface area contributed by atoms with E-state index in [1.807, 2.05) is 0 Å². The average Bonchev–Trinajstić information content (AvgIpc) is 3.20. The lowest BCUT2D eigenvalue weighted by atomic mass is 10.0. The van der Waals surface area contributed by atoms with Crippen LogP contribution in [0.25, 0.3) is 17.4 Å². The minimum absolute atomic E-state index is 0.00401. The first-order chi connectivity index (χ1) is 11.5. The molecule has 1 fully saturated rings. The van der Waals surface area contributed by atoms with Crippen LogP contribution in [0, 0.1) is 0 Å². The van der Waals surface area contributed by atoms with E-state index in [0.29, 0.717) is 37.3 Å². The van der Waals surface area contributed by atoms with Gasteiger partial charge < -0.3 is 4.42 Å². The molecule has 3 heterocycles. The Kier molecular flexibility index (Phi) is 3.47. The predicted molar refractivity (Wildman–Crippen MR) is 93.7 cm³/mol. The molecule has 2 aromatic rings. The molecule has 24 heavy (non-hydrogen) atoms. The molecule has 0 spiro atoms. The van der Waals surface area contributed by atoms with E-state index in [-0.39, 0.29) is 18.1 Å². The van der Waals surface area contributed by atoms with E-state index >= 15 is 0 Å². The van der Waals surface area contributed by atoms with Crippen molar-refractivity contribution < 1.29 is 18.8 Å². The van der Waals surface area contributed by atoms with Crippen molar-refractivity contribution >= 4 is 51.8 Å². The summed E-state index contributed by atoms with van der Waals surface area (Å²) in [5.74, 6) is 0.281. The smallest absolute Gasteiger partial charge is 0.258 e. The number of allylic oxidation sites excluding steroid dienone is 1. The van der Waals surface area contributed by atoms with E-state index < -0.39 is 5.91 Å². The van der Waals surface area contributed by atoms with Gasteiger partial charge in [0, 0.05) is 5.56 Å². The van der Waals surface area contributed by atoms with Crippen molar-refractivity contribution in [3.05, 3.63) is 52.1 Å². The fourth-order valence-corrected chi connectivity index (χ4v) is 3.79. The fraction of sp³-hybridized carbons (Fsp3) is 0.0588. The summed E-state index contributed by atoms with van der Waals surface area (Å²) in [6, 6.07) is 8.44. The highest BCUT2D eigenvalue weighted by Gasteiger charge is 2.27. The second-order valence-electron chi connectivity index (χ2n) is 5.33. The third kappa shape index (κ3) is 2.51. The Labute approximate surface area is 146 Å². The van der Waals surface area contributed by atoms with Crippen LogP contribution >= 0.6 is 24.0 Å². The number of carbonyl (C=O) groups is 3. The molecule has 0 radical (unpaired) electrons. The standard InChI is InChI=1S/C17H9NO4S2/c19-12-7-15(23)24-14(12)6-9-2-4-13(22-9)8-1-3-10-11(5-8)17(21)18-16(10)20/h1-6H,7H2,(H,18,20,21)/b14-6+. The van der Waals surface area contributed by atoms with Crippen LogP contribution in [0.2, 0.25) is 0 Å². The van der Waals surface area contributed by atoms with Crippen molar-refractivity contribution in [3.63, 3.8) is 0 Å². The second-order valence-corrected chi connectivity index (χ2v) is 7.22. The van der Waals surface area contributed by atoms with E-state index in [1.54, 1.807) is 36.4 Å².